The minimum absolute atomic E-state index is 1.21. The zero-order valence-corrected chi connectivity index (χ0v) is 15.4. The van der Waals surface area contributed by atoms with Crippen LogP contribution in [0.3, 0.4) is 0 Å². The quantitative estimate of drug-likeness (QED) is 0.286. The number of aromatic nitrogens is 1. The van der Waals surface area contributed by atoms with Crippen LogP contribution in [0.2, 0.25) is 0 Å². The maximum absolute atomic E-state index is 2.43. The second kappa shape index (κ2) is 5.28. The van der Waals surface area contributed by atoms with E-state index in [9.17, 15) is 0 Å². The van der Waals surface area contributed by atoms with E-state index in [2.05, 4.69) is 116 Å². The first-order valence-electron chi connectivity index (χ1n) is 6.69. The van der Waals surface area contributed by atoms with Gasteiger partial charge in [0.1, 0.15) is 0 Å². The Labute approximate surface area is 150 Å². The van der Waals surface area contributed by atoms with Crippen LogP contribution in [0.25, 0.3) is 27.5 Å². The van der Waals surface area contributed by atoms with Crippen molar-refractivity contribution in [2.24, 2.45) is 0 Å². The highest BCUT2D eigenvalue weighted by Crippen LogP contribution is 2.34. The number of hydrogen-bond donors (Lipinski definition) is 0. The topological polar surface area (TPSA) is 4.93 Å². The van der Waals surface area contributed by atoms with Crippen LogP contribution < -0.4 is 0 Å². The molecule has 0 bridgehead atoms. The summed E-state index contributed by atoms with van der Waals surface area (Å²) in [4.78, 5) is 0. The lowest BCUT2D eigenvalue weighted by Gasteiger charge is -2.08. The lowest BCUT2D eigenvalue weighted by molar-refractivity contribution is 1.17. The van der Waals surface area contributed by atoms with Gasteiger partial charge >= 0.3 is 0 Å². The minimum atomic E-state index is 1.21. The molecule has 0 aliphatic rings. The van der Waals surface area contributed by atoms with Crippen molar-refractivity contribution < 1.29 is 0 Å². The zero-order chi connectivity index (χ0) is 14.4. The standard InChI is InChI=1S/C18H11I2N/c19-12-8-10-13(11-9-12)21-17-7-2-1-4-14(17)15-5-3-6-16(20)18(15)21/h1-11H. The molecule has 0 unspecified atom stereocenters. The smallest absolute Gasteiger partial charge is 0.0674 e. The maximum atomic E-state index is 2.43. The van der Waals surface area contributed by atoms with Crippen molar-refractivity contribution in [2.45, 2.75) is 0 Å². The molecule has 1 heterocycles. The van der Waals surface area contributed by atoms with Gasteiger partial charge in [0, 0.05) is 23.6 Å². The predicted octanol–water partition coefficient (Wildman–Crippen LogP) is 5.99. The number of halogens is 2. The third kappa shape index (κ3) is 2.17. The van der Waals surface area contributed by atoms with Crippen LogP contribution in [0.1, 0.15) is 0 Å². The third-order valence-electron chi connectivity index (χ3n) is 3.73. The molecule has 0 radical (unpaired) electrons. The van der Waals surface area contributed by atoms with Crippen molar-refractivity contribution in [1.82, 2.24) is 4.57 Å². The van der Waals surface area contributed by atoms with Crippen LogP contribution >= 0.6 is 45.2 Å². The van der Waals surface area contributed by atoms with Crippen molar-refractivity contribution in [2.75, 3.05) is 0 Å². The third-order valence-corrected chi connectivity index (χ3v) is 5.32. The van der Waals surface area contributed by atoms with E-state index in [4.69, 9.17) is 0 Å². The average Bonchev–Trinajstić information content (AvgIpc) is 2.84. The van der Waals surface area contributed by atoms with Crippen LogP contribution in [-0.4, -0.2) is 4.57 Å². The lowest BCUT2D eigenvalue weighted by Crippen LogP contribution is -1.95. The van der Waals surface area contributed by atoms with E-state index < -0.39 is 0 Å². The molecule has 3 aromatic carbocycles. The number of hydrogen-bond acceptors (Lipinski definition) is 0. The van der Waals surface area contributed by atoms with E-state index in [1.54, 1.807) is 0 Å². The first-order chi connectivity index (χ1) is 10.3. The molecular weight excluding hydrogens is 484 g/mol. The summed E-state index contributed by atoms with van der Waals surface area (Å²) >= 11 is 4.78. The Bertz CT molecular complexity index is 952. The summed E-state index contributed by atoms with van der Waals surface area (Å²) in [7, 11) is 0. The molecule has 4 rings (SSSR count). The van der Waals surface area contributed by atoms with Crippen LogP contribution in [0.4, 0.5) is 0 Å². The maximum Gasteiger partial charge on any atom is 0.0674 e. The van der Waals surface area contributed by atoms with Gasteiger partial charge in [-0.15, -0.1) is 0 Å². The van der Waals surface area contributed by atoms with Gasteiger partial charge in [-0.1, -0.05) is 30.3 Å². The second-order valence-electron chi connectivity index (χ2n) is 4.96. The fraction of sp³-hybridized carbons (Fsp3) is 0. The molecule has 21 heavy (non-hydrogen) atoms. The Balaban J connectivity index is 2.21. The van der Waals surface area contributed by atoms with E-state index >= 15 is 0 Å². The highest BCUT2D eigenvalue weighted by atomic mass is 127. The fourth-order valence-electron chi connectivity index (χ4n) is 2.84. The molecule has 102 valence electrons. The van der Waals surface area contributed by atoms with Crippen LogP contribution in [0.15, 0.2) is 66.7 Å². The van der Waals surface area contributed by atoms with Crippen molar-refractivity contribution in [3.63, 3.8) is 0 Å². The second-order valence-corrected chi connectivity index (χ2v) is 7.37. The van der Waals surface area contributed by atoms with Crippen molar-refractivity contribution in [3.05, 3.63) is 73.9 Å². The number of rotatable bonds is 1. The van der Waals surface area contributed by atoms with Gasteiger partial charge in [0.05, 0.1) is 11.0 Å². The molecule has 0 fully saturated rings. The highest BCUT2D eigenvalue weighted by Gasteiger charge is 2.13. The fourth-order valence-corrected chi connectivity index (χ4v) is 3.93. The van der Waals surface area contributed by atoms with Crippen molar-refractivity contribution >= 4 is 67.0 Å². The molecule has 0 atom stereocenters. The van der Waals surface area contributed by atoms with Gasteiger partial charge in [0.2, 0.25) is 0 Å². The molecule has 4 aromatic rings. The monoisotopic (exact) mass is 495 g/mol. The Morgan fingerprint density at radius 3 is 2.19 bits per heavy atom. The van der Waals surface area contributed by atoms with Crippen molar-refractivity contribution in [3.8, 4) is 5.69 Å². The van der Waals surface area contributed by atoms with Gasteiger partial charge in [-0.25, -0.2) is 0 Å². The number of para-hydroxylation sites is 2. The predicted molar refractivity (Wildman–Crippen MR) is 106 cm³/mol. The molecule has 1 nitrogen and oxygen atoms in total. The number of nitrogens with zero attached hydrogens (tertiary/aromatic N) is 1. The zero-order valence-electron chi connectivity index (χ0n) is 11.1. The average molecular weight is 495 g/mol. The molecular formula is C18H11I2N. The Morgan fingerprint density at radius 2 is 1.38 bits per heavy atom. The van der Waals surface area contributed by atoms with Crippen LogP contribution in [0, 0.1) is 7.14 Å². The molecule has 0 saturated heterocycles. The van der Waals surface area contributed by atoms with Crippen molar-refractivity contribution in [1.29, 1.82) is 0 Å². The van der Waals surface area contributed by atoms with E-state index in [0.717, 1.165) is 0 Å². The van der Waals surface area contributed by atoms with Gasteiger partial charge in [-0.05, 0) is 81.6 Å². The van der Waals surface area contributed by atoms with E-state index in [-0.39, 0.29) is 0 Å². The summed E-state index contributed by atoms with van der Waals surface area (Å²) in [5, 5.41) is 2.63. The van der Waals surface area contributed by atoms with E-state index in [1.165, 1.54) is 34.6 Å². The van der Waals surface area contributed by atoms with Gasteiger partial charge < -0.3 is 4.57 Å². The Kier molecular flexibility index (Phi) is 3.41. The van der Waals surface area contributed by atoms with Crippen LogP contribution in [0.5, 0.6) is 0 Å². The molecule has 0 spiro atoms. The summed E-state index contributed by atoms with van der Waals surface area (Å²) in [5.41, 5.74) is 3.77. The lowest BCUT2D eigenvalue weighted by atomic mass is 10.2. The summed E-state index contributed by atoms with van der Waals surface area (Å²) in [6.07, 6.45) is 0. The number of fused-ring (bicyclic) bond motifs is 3. The summed E-state index contributed by atoms with van der Waals surface area (Å²) in [6, 6.07) is 23.8. The Morgan fingerprint density at radius 1 is 0.667 bits per heavy atom. The molecule has 0 aliphatic carbocycles. The van der Waals surface area contributed by atoms with Gasteiger partial charge in [0.15, 0.2) is 0 Å². The largest absolute Gasteiger partial charge is 0.308 e. The molecule has 0 aliphatic heterocycles. The molecule has 0 N–H and O–H groups in total. The summed E-state index contributed by atoms with van der Waals surface area (Å²) in [6.45, 7) is 0. The summed E-state index contributed by atoms with van der Waals surface area (Å²) < 4.78 is 4.90. The highest BCUT2D eigenvalue weighted by molar-refractivity contribution is 14.1. The molecule has 0 amide bonds. The summed E-state index contributed by atoms with van der Waals surface area (Å²) in [5.74, 6) is 0. The van der Waals surface area contributed by atoms with E-state index in [0.29, 0.717) is 0 Å². The van der Waals surface area contributed by atoms with Gasteiger partial charge in [0.25, 0.3) is 0 Å². The normalized spacial score (nSPS) is 11.3. The first-order valence-corrected chi connectivity index (χ1v) is 8.85. The van der Waals surface area contributed by atoms with Crippen LogP contribution in [-0.2, 0) is 0 Å². The SMILES string of the molecule is Ic1ccc(-n2c3ccccc3c3cccc(I)c32)cc1. The Hall–Kier alpha value is -1.08. The van der Waals surface area contributed by atoms with E-state index in [1.807, 2.05) is 0 Å². The molecule has 1 aromatic heterocycles. The first kappa shape index (κ1) is 13.6. The van der Waals surface area contributed by atoms with Gasteiger partial charge in [-0.2, -0.15) is 0 Å². The number of benzene rings is 3. The minimum Gasteiger partial charge on any atom is -0.308 e. The molecule has 3 heteroatoms. The molecule has 0 saturated carbocycles. The van der Waals surface area contributed by atoms with Gasteiger partial charge in [-0.3, -0.25) is 0 Å².